The summed E-state index contributed by atoms with van der Waals surface area (Å²) in [6, 6.07) is 3.16. The maximum absolute atomic E-state index is 12.5. The van der Waals surface area contributed by atoms with E-state index in [1.54, 1.807) is 32.6 Å². The molecular weight excluding hydrogens is 346 g/mol. The molecule has 2 rings (SSSR count). The van der Waals surface area contributed by atoms with Crippen LogP contribution in [0.15, 0.2) is 18.5 Å². The Morgan fingerprint density at radius 2 is 2.16 bits per heavy atom. The maximum atomic E-state index is 12.5. The van der Waals surface area contributed by atoms with Crippen LogP contribution < -0.4 is 10.1 Å². The van der Waals surface area contributed by atoms with Gasteiger partial charge in [-0.25, -0.2) is 4.79 Å². The molecule has 0 radical (unpaired) electrons. The van der Waals surface area contributed by atoms with E-state index < -0.39 is 0 Å². The number of aryl methyl sites for hydroxylation is 1. The van der Waals surface area contributed by atoms with Crippen LogP contribution >= 0.6 is 11.6 Å². The van der Waals surface area contributed by atoms with Crippen molar-refractivity contribution in [3.05, 3.63) is 34.9 Å². The lowest BCUT2D eigenvalue weighted by molar-refractivity contribution is 0.184. The fraction of sp³-hybridized carbons (Fsp3) is 0.438. The van der Waals surface area contributed by atoms with Crippen molar-refractivity contribution in [1.82, 2.24) is 19.7 Å². The van der Waals surface area contributed by atoms with E-state index in [4.69, 9.17) is 21.1 Å². The molecule has 0 aliphatic rings. The third kappa shape index (κ3) is 4.83. The summed E-state index contributed by atoms with van der Waals surface area (Å²) in [6.07, 6.45) is 1.62. The van der Waals surface area contributed by atoms with Crippen LogP contribution in [0, 0.1) is 6.92 Å². The molecule has 0 bridgehead atoms. The third-order valence-electron chi connectivity index (χ3n) is 3.68. The van der Waals surface area contributed by atoms with E-state index in [-0.39, 0.29) is 6.03 Å². The second-order valence-corrected chi connectivity index (χ2v) is 5.93. The van der Waals surface area contributed by atoms with Crippen LogP contribution in [0.5, 0.6) is 5.75 Å². The molecule has 1 aromatic carbocycles. The number of halogens is 1. The Labute approximate surface area is 151 Å². The van der Waals surface area contributed by atoms with Crippen molar-refractivity contribution in [1.29, 1.82) is 0 Å². The quantitative estimate of drug-likeness (QED) is 0.813. The summed E-state index contributed by atoms with van der Waals surface area (Å²) in [6.45, 7) is 3.34. The minimum Gasteiger partial charge on any atom is -0.495 e. The van der Waals surface area contributed by atoms with Gasteiger partial charge in [0, 0.05) is 31.8 Å². The number of benzene rings is 1. The number of carbonyl (C=O) groups is 1. The highest BCUT2D eigenvalue weighted by Crippen LogP contribution is 2.31. The van der Waals surface area contributed by atoms with Gasteiger partial charge < -0.3 is 24.3 Å². The number of hydrogen-bond donors (Lipinski definition) is 1. The summed E-state index contributed by atoms with van der Waals surface area (Å²) in [4.78, 5) is 14.0. The van der Waals surface area contributed by atoms with E-state index in [0.29, 0.717) is 42.0 Å². The Morgan fingerprint density at radius 1 is 1.40 bits per heavy atom. The van der Waals surface area contributed by atoms with Gasteiger partial charge in [0.25, 0.3) is 0 Å². The Bertz CT molecular complexity index is 735. The number of aromatic nitrogens is 3. The van der Waals surface area contributed by atoms with Gasteiger partial charge in [-0.3, -0.25) is 0 Å². The number of amides is 2. The molecule has 0 saturated carbocycles. The molecule has 8 nitrogen and oxygen atoms in total. The lowest BCUT2D eigenvalue weighted by atomic mass is 10.2. The largest absolute Gasteiger partial charge is 0.495 e. The molecule has 0 saturated heterocycles. The molecule has 0 unspecified atom stereocenters. The second-order valence-electron chi connectivity index (χ2n) is 5.52. The van der Waals surface area contributed by atoms with Crippen molar-refractivity contribution in [3.8, 4) is 5.75 Å². The SMILES string of the molecule is COCCn1cnnc1CN(C)C(=O)Nc1cc(C)c(Cl)cc1OC. The first kappa shape index (κ1) is 19.0. The molecule has 0 atom stereocenters. The van der Waals surface area contributed by atoms with E-state index in [1.807, 2.05) is 11.5 Å². The average Bonchev–Trinajstić information content (AvgIpc) is 3.02. The fourth-order valence-electron chi connectivity index (χ4n) is 2.20. The Hall–Kier alpha value is -2.32. The Kier molecular flexibility index (Phi) is 6.60. The summed E-state index contributed by atoms with van der Waals surface area (Å²) >= 11 is 6.09. The van der Waals surface area contributed by atoms with Crippen LogP contribution in [0.1, 0.15) is 11.4 Å². The zero-order chi connectivity index (χ0) is 18.4. The number of nitrogens with zero attached hydrogens (tertiary/aromatic N) is 4. The minimum atomic E-state index is -0.290. The van der Waals surface area contributed by atoms with E-state index in [0.717, 1.165) is 5.56 Å². The highest BCUT2D eigenvalue weighted by Gasteiger charge is 2.16. The first-order valence-corrected chi connectivity index (χ1v) is 8.06. The van der Waals surface area contributed by atoms with Crippen LogP contribution in [0.4, 0.5) is 10.5 Å². The lowest BCUT2D eigenvalue weighted by Gasteiger charge is -2.19. The smallest absolute Gasteiger partial charge is 0.322 e. The van der Waals surface area contributed by atoms with E-state index in [1.165, 1.54) is 12.0 Å². The fourth-order valence-corrected chi connectivity index (χ4v) is 2.36. The Morgan fingerprint density at radius 3 is 2.84 bits per heavy atom. The van der Waals surface area contributed by atoms with Crippen molar-refractivity contribution in [2.75, 3.05) is 33.2 Å². The van der Waals surface area contributed by atoms with E-state index in [2.05, 4.69) is 15.5 Å². The summed E-state index contributed by atoms with van der Waals surface area (Å²) in [5.74, 6) is 1.18. The number of anilines is 1. The second kappa shape index (κ2) is 8.68. The highest BCUT2D eigenvalue weighted by atomic mass is 35.5. The molecule has 0 aliphatic heterocycles. The monoisotopic (exact) mass is 367 g/mol. The molecule has 136 valence electrons. The number of methoxy groups -OCH3 is 2. The summed E-state index contributed by atoms with van der Waals surface area (Å²) in [5.41, 5.74) is 1.40. The van der Waals surface area contributed by atoms with Crippen LogP contribution in [-0.4, -0.2) is 53.6 Å². The molecule has 1 N–H and O–H groups in total. The van der Waals surface area contributed by atoms with Gasteiger partial charge >= 0.3 is 6.03 Å². The van der Waals surface area contributed by atoms with Gasteiger partial charge in [-0.15, -0.1) is 10.2 Å². The molecule has 0 aliphatic carbocycles. The van der Waals surface area contributed by atoms with Crippen LogP contribution in [0.3, 0.4) is 0 Å². The average molecular weight is 368 g/mol. The van der Waals surface area contributed by atoms with Gasteiger partial charge in [0.2, 0.25) is 0 Å². The highest BCUT2D eigenvalue weighted by molar-refractivity contribution is 6.31. The summed E-state index contributed by atoms with van der Waals surface area (Å²) in [5, 5.41) is 11.3. The summed E-state index contributed by atoms with van der Waals surface area (Å²) in [7, 11) is 4.84. The topological polar surface area (TPSA) is 81.5 Å². The van der Waals surface area contributed by atoms with Gasteiger partial charge in [0.05, 0.1) is 25.9 Å². The third-order valence-corrected chi connectivity index (χ3v) is 4.09. The van der Waals surface area contributed by atoms with Crippen LogP contribution in [0.2, 0.25) is 5.02 Å². The number of nitrogens with one attached hydrogen (secondary N) is 1. The first-order chi connectivity index (χ1) is 12.0. The lowest BCUT2D eigenvalue weighted by Crippen LogP contribution is -2.32. The van der Waals surface area contributed by atoms with Crippen molar-refractivity contribution in [3.63, 3.8) is 0 Å². The predicted molar refractivity (Wildman–Crippen MR) is 95.1 cm³/mol. The van der Waals surface area contributed by atoms with Gasteiger partial charge in [0.1, 0.15) is 12.1 Å². The van der Waals surface area contributed by atoms with E-state index in [9.17, 15) is 4.79 Å². The molecular formula is C16H22ClN5O3. The van der Waals surface area contributed by atoms with Crippen LogP contribution in [-0.2, 0) is 17.8 Å². The van der Waals surface area contributed by atoms with Crippen LogP contribution in [0.25, 0.3) is 0 Å². The van der Waals surface area contributed by atoms with Gasteiger partial charge in [-0.2, -0.15) is 0 Å². The van der Waals surface area contributed by atoms with Crippen molar-refractivity contribution in [2.45, 2.75) is 20.0 Å². The maximum Gasteiger partial charge on any atom is 0.322 e. The molecule has 25 heavy (non-hydrogen) atoms. The molecule has 0 spiro atoms. The number of ether oxygens (including phenoxy) is 2. The predicted octanol–water partition coefficient (Wildman–Crippen LogP) is 2.56. The summed E-state index contributed by atoms with van der Waals surface area (Å²) < 4.78 is 12.2. The number of carbonyl (C=O) groups excluding carboxylic acids is 1. The molecule has 0 fully saturated rings. The van der Waals surface area contributed by atoms with Crippen molar-refractivity contribution < 1.29 is 14.3 Å². The van der Waals surface area contributed by atoms with Gasteiger partial charge in [-0.1, -0.05) is 11.6 Å². The van der Waals surface area contributed by atoms with Gasteiger partial charge in [-0.05, 0) is 18.6 Å². The zero-order valence-corrected chi connectivity index (χ0v) is 15.5. The molecule has 2 aromatic rings. The number of hydrogen-bond acceptors (Lipinski definition) is 5. The normalized spacial score (nSPS) is 10.6. The number of rotatable bonds is 7. The first-order valence-electron chi connectivity index (χ1n) is 7.68. The standard InChI is InChI=1S/C16H22ClN5O3/c1-11-7-13(14(25-4)8-12(11)17)19-16(23)21(2)9-15-20-18-10-22(15)5-6-24-3/h7-8,10H,5-6,9H2,1-4H3,(H,19,23). The van der Waals surface area contributed by atoms with Crippen molar-refractivity contribution >= 4 is 23.3 Å². The zero-order valence-electron chi connectivity index (χ0n) is 14.7. The molecule has 9 heteroatoms. The Balaban J connectivity index is 2.06. The molecule has 2 amide bonds. The van der Waals surface area contributed by atoms with Gasteiger partial charge in [0.15, 0.2) is 5.82 Å². The minimum absolute atomic E-state index is 0.290. The number of urea groups is 1. The molecule has 1 heterocycles. The van der Waals surface area contributed by atoms with E-state index >= 15 is 0 Å². The van der Waals surface area contributed by atoms with Crippen molar-refractivity contribution in [2.24, 2.45) is 0 Å². The molecule has 1 aromatic heterocycles.